The Balaban J connectivity index is 1.45. The SMILES string of the molecule is Cc1nc2cc(C(=O)N3CCN(C(=O)c4cnccn4)CC3)ccc2n1C. The number of piperazine rings is 1. The Morgan fingerprint density at radius 3 is 2.37 bits per heavy atom. The predicted octanol–water partition coefficient (Wildman–Crippen LogP) is 1.27. The van der Waals surface area contributed by atoms with E-state index in [1.165, 1.54) is 18.6 Å². The summed E-state index contributed by atoms with van der Waals surface area (Å²) in [5, 5.41) is 0. The van der Waals surface area contributed by atoms with Crippen LogP contribution in [-0.4, -0.2) is 67.3 Å². The second-order valence-electron chi connectivity index (χ2n) is 6.60. The first kappa shape index (κ1) is 17.1. The second-order valence-corrected chi connectivity index (χ2v) is 6.60. The molecule has 0 atom stereocenters. The van der Waals surface area contributed by atoms with Crippen LogP contribution in [0, 0.1) is 6.92 Å². The maximum Gasteiger partial charge on any atom is 0.274 e. The standard InChI is InChI=1S/C19H20N6O2/c1-13-22-15-11-14(3-4-17(15)23(13)2)18(26)24-7-9-25(10-8-24)19(27)16-12-20-5-6-21-16/h3-6,11-12H,7-10H2,1-2H3. The number of fused-ring (bicyclic) bond motifs is 1. The van der Waals surface area contributed by atoms with Gasteiger partial charge < -0.3 is 14.4 Å². The molecule has 1 fully saturated rings. The summed E-state index contributed by atoms with van der Waals surface area (Å²) < 4.78 is 2.00. The van der Waals surface area contributed by atoms with Crippen LogP contribution in [-0.2, 0) is 7.05 Å². The van der Waals surface area contributed by atoms with Crippen molar-refractivity contribution in [1.29, 1.82) is 0 Å². The van der Waals surface area contributed by atoms with Crippen molar-refractivity contribution in [2.45, 2.75) is 6.92 Å². The van der Waals surface area contributed by atoms with Crippen LogP contribution in [0.3, 0.4) is 0 Å². The summed E-state index contributed by atoms with van der Waals surface area (Å²) in [6.07, 6.45) is 4.50. The quantitative estimate of drug-likeness (QED) is 0.684. The number of amides is 2. The number of nitrogens with zero attached hydrogens (tertiary/aromatic N) is 6. The van der Waals surface area contributed by atoms with Gasteiger partial charge in [-0.05, 0) is 25.1 Å². The zero-order valence-electron chi connectivity index (χ0n) is 15.3. The molecule has 138 valence electrons. The molecule has 27 heavy (non-hydrogen) atoms. The van der Waals surface area contributed by atoms with Gasteiger partial charge in [-0.1, -0.05) is 0 Å². The van der Waals surface area contributed by atoms with Crippen LogP contribution in [0.2, 0.25) is 0 Å². The van der Waals surface area contributed by atoms with Crippen molar-refractivity contribution in [3.8, 4) is 0 Å². The summed E-state index contributed by atoms with van der Waals surface area (Å²) in [7, 11) is 1.96. The number of rotatable bonds is 2. The normalized spacial score (nSPS) is 14.6. The van der Waals surface area contributed by atoms with Crippen LogP contribution >= 0.6 is 0 Å². The number of benzene rings is 1. The molecule has 8 heteroatoms. The van der Waals surface area contributed by atoms with Crippen molar-refractivity contribution in [3.63, 3.8) is 0 Å². The van der Waals surface area contributed by atoms with Gasteiger partial charge in [-0.3, -0.25) is 14.6 Å². The van der Waals surface area contributed by atoms with Gasteiger partial charge >= 0.3 is 0 Å². The molecule has 3 aromatic rings. The average molecular weight is 364 g/mol. The van der Waals surface area contributed by atoms with Crippen molar-refractivity contribution in [3.05, 3.63) is 53.9 Å². The number of hydrogen-bond acceptors (Lipinski definition) is 5. The minimum absolute atomic E-state index is 0.0354. The van der Waals surface area contributed by atoms with E-state index in [2.05, 4.69) is 15.0 Å². The molecule has 1 aromatic carbocycles. The lowest BCUT2D eigenvalue weighted by molar-refractivity contribution is 0.0532. The van der Waals surface area contributed by atoms with Crippen molar-refractivity contribution < 1.29 is 9.59 Å². The minimum Gasteiger partial charge on any atom is -0.335 e. The van der Waals surface area contributed by atoms with E-state index in [1.54, 1.807) is 9.80 Å². The first-order chi connectivity index (χ1) is 13.0. The first-order valence-electron chi connectivity index (χ1n) is 8.82. The van der Waals surface area contributed by atoms with E-state index in [0.717, 1.165) is 16.9 Å². The first-order valence-corrected chi connectivity index (χ1v) is 8.82. The zero-order chi connectivity index (χ0) is 19.0. The van der Waals surface area contributed by atoms with E-state index >= 15 is 0 Å². The van der Waals surface area contributed by atoms with Gasteiger partial charge in [0.2, 0.25) is 0 Å². The fourth-order valence-electron chi connectivity index (χ4n) is 3.32. The molecule has 2 amide bonds. The summed E-state index contributed by atoms with van der Waals surface area (Å²) >= 11 is 0. The van der Waals surface area contributed by atoms with E-state index in [1.807, 2.05) is 36.7 Å². The lowest BCUT2D eigenvalue weighted by Crippen LogP contribution is -2.50. The highest BCUT2D eigenvalue weighted by Crippen LogP contribution is 2.18. The summed E-state index contributed by atoms with van der Waals surface area (Å²) in [6, 6.07) is 5.60. The molecular formula is C19H20N6O2. The Labute approximate surface area is 156 Å². The molecule has 0 aliphatic carbocycles. The lowest BCUT2D eigenvalue weighted by Gasteiger charge is -2.34. The van der Waals surface area contributed by atoms with Gasteiger partial charge in [0.15, 0.2) is 0 Å². The Kier molecular flexibility index (Phi) is 4.31. The van der Waals surface area contributed by atoms with Crippen LogP contribution in [0.4, 0.5) is 0 Å². The van der Waals surface area contributed by atoms with Gasteiger partial charge in [-0.2, -0.15) is 0 Å². The molecule has 8 nitrogen and oxygen atoms in total. The molecule has 3 heterocycles. The topological polar surface area (TPSA) is 84.2 Å². The third-order valence-corrected chi connectivity index (χ3v) is 4.99. The largest absolute Gasteiger partial charge is 0.335 e. The number of hydrogen-bond donors (Lipinski definition) is 0. The fourth-order valence-corrected chi connectivity index (χ4v) is 3.32. The lowest BCUT2D eigenvalue weighted by atomic mass is 10.1. The van der Waals surface area contributed by atoms with Gasteiger partial charge in [-0.25, -0.2) is 9.97 Å². The average Bonchev–Trinajstić information content (AvgIpc) is 3.01. The Morgan fingerprint density at radius 1 is 1.00 bits per heavy atom. The Hall–Kier alpha value is -3.29. The van der Waals surface area contributed by atoms with Crippen molar-refractivity contribution in [2.24, 2.45) is 7.05 Å². The smallest absolute Gasteiger partial charge is 0.274 e. The van der Waals surface area contributed by atoms with Gasteiger partial charge in [0, 0.05) is 51.2 Å². The number of imidazole rings is 1. The molecule has 1 aliphatic heterocycles. The molecule has 0 spiro atoms. The number of aromatic nitrogens is 4. The van der Waals surface area contributed by atoms with Crippen LogP contribution in [0.5, 0.6) is 0 Å². The minimum atomic E-state index is -0.152. The number of carbonyl (C=O) groups excluding carboxylic acids is 2. The molecule has 0 N–H and O–H groups in total. The molecule has 1 saturated heterocycles. The van der Waals surface area contributed by atoms with Crippen LogP contribution in [0.1, 0.15) is 26.7 Å². The van der Waals surface area contributed by atoms with E-state index in [0.29, 0.717) is 37.4 Å². The van der Waals surface area contributed by atoms with E-state index in [-0.39, 0.29) is 11.8 Å². The summed E-state index contributed by atoms with van der Waals surface area (Å²) in [5.74, 6) is 0.720. The van der Waals surface area contributed by atoms with Crippen molar-refractivity contribution in [1.82, 2.24) is 29.3 Å². The van der Waals surface area contributed by atoms with Crippen molar-refractivity contribution >= 4 is 22.8 Å². The van der Waals surface area contributed by atoms with Crippen molar-refractivity contribution in [2.75, 3.05) is 26.2 Å². The maximum absolute atomic E-state index is 12.8. The molecule has 0 saturated carbocycles. The highest BCUT2D eigenvalue weighted by molar-refractivity contribution is 5.98. The van der Waals surface area contributed by atoms with Gasteiger partial charge in [0.05, 0.1) is 17.2 Å². The Bertz CT molecular complexity index is 1010. The van der Waals surface area contributed by atoms with Gasteiger partial charge in [0.1, 0.15) is 11.5 Å². The van der Waals surface area contributed by atoms with Gasteiger partial charge in [0.25, 0.3) is 11.8 Å². The van der Waals surface area contributed by atoms with Crippen LogP contribution in [0.15, 0.2) is 36.8 Å². The maximum atomic E-state index is 12.8. The molecule has 1 aliphatic rings. The molecular weight excluding hydrogens is 344 g/mol. The molecule has 0 radical (unpaired) electrons. The molecule has 4 rings (SSSR count). The number of carbonyl (C=O) groups is 2. The fraction of sp³-hybridized carbons (Fsp3) is 0.316. The summed E-state index contributed by atoms with van der Waals surface area (Å²) in [4.78, 5) is 41.2. The van der Waals surface area contributed by atoms with E-state index in [9.17, 15) is 9.59 Å². The highest BCUT2D eigenvalue weighted by atomic mass is 16.2. The molecule has 2 aromatic heterocycles. The van der Waals surface area contributed by atoms with Gasteiger partial charge in [-0.15, -0.1) is 0 Å². The zero-order valence-corrected chi connectivity index (χ0v) is 15.3. The highest BCUT2D eigenvalue weighted by Gasteiger charge is 2.26. The third kappa shape index (κ3) is 3.14. The second kappa shape index (κ2) is 6.79. The monoisotopic (exact) mass is 364 g/mol. The van der Waals surface area contributed by atoms with Crippen LogP contribution < -0.4 is 0 Å². The molecule has 0 bridgehead atoms. The van der Waals surface area contributed by atoms with Crippen LogP contribution in [0.25, 0.3) is 11.0 Å². The molecule has 0 unspecified atom stereocenters. The Morgan fingerprint density at radius 2 is 1.70 bits per heavy atom. The van der Waals surface area contributed by atoms with E-state index in [4.69, 9.17) is 0 Å². The summed E-state index contributed by atoms with van der Waals surface area (Å²) in [5.41, 5.74) is 2.77. The third-order valence-electron chi connectivity index (χ3n) is 4.99. The van der Waals surface area contributed by atoms with E-state index < -0.39 is 0 Å². The predicted molar refractivity (Wildman–Crippen MR) is 99.3 cm³/mol. The number of aryl methyl sites for hydroxylation is 2. The summed E-state index contributed by atoms with van der Waals surface area (Å²) in [6.45, 7) is 3.88.